The minimum Gasteiger partial charge on any atom is -0.748 e. The van der Waals surface area contributed by atoms with Gasteiger partial charge in [0.05, 0.1) is 36.0 Å². The van der Waals surface area contributed by atoms with E-state index in [0.717, 1.165) is 12.1 Å². The Balaban J connectivity index is 2.67. The topological polar surface area (TPSA) is 57.2 Å². The van der Waals surface area contributed by atoms with Gasteiger partial charge in [0.15, 0.2) is 0 Å². The van der Waals surface area contributed by atoms with Crippen LogP contribution in [0.1, 0.15) is 24.5 Å². The second kappa shape index (κ2) is 6.52. The van der Waals surface area contributed by atoms with Crippen molar-refractivity contribution in [1.82, 2.24) is 0 Å². The second-order valence-corrected chi connectivity index (χ2v) is 7.65. The van der Waals surface area contributed by atoms with Crippen molar-refractivity contribution in [2.45, 2.75) is 25.1 Å². The number of benzene rings is 1. The van der Waals surface area contributed by atoms with E-state index in [9.17, 15) is 13.0 Å². The van der Waals surface area contributed by atoms with E-state index in [1.807, 2.05) is 32.3 Å². The molecule has 0 aliphatic rings. The third-order valence-corrected chi connectivity index (χ3v) is 4.65. The average Bonchev–Trinajstić information content (AvgIpc) is 2.34. The highest BCUT2D eigenvalue weighted by Crippen LogP contribution is 2.14. The van der Waals surface area contributed by atoms with E-state index in [1.165, 1.54) is 12.5 Å². The summed E-state index contributed by atoms with van der Waals surface area (Å²) in [7, 11) is -0.117. The second-order valence-electron chi connectivity index (χ2n) is 5.86. The molecule has 0 saturated heterocycles. The molecule has 0 amide bonds. The number of rotatable bonds is 7. The molecule has 0 radical (unpaired) electrons. The average molecular weight is 297 g/mol. The van der Waals surface area contributed by atoms with Crippen LogP contribution in [0.25, 0.3) is 6.08 Å². The Kier molecular flexibility index (Phi) is 5.50. The predicted octanol–water partition coefficient (Wildman–Crippen LogP) is 2.23. The summed E-state index contributed by atoms with van der Waals surface area (Å²) >= 11 is 0. The van der Waals surface area contributed by atoms with Crippen LogP contribution in [0.15, 0.2) is 30.8 Å². The molecule has 0 aliphatic carbocycles. The predicted molar refractivity (Wildman–Crippen MR) is 81.0 cm³/mol. The van der Waals surface area contributed by atoms with Gasteiger partial charge in [0, 0.05) is 12.0 Å². The van der Waals surface area contributed by atoms with Crippen molar-refractivity contribution < 1.29 is 17.5 Å². The van der Waals surface area contributed by atoms with Crippen molar-refractivity contribution >= 4 is 16.2 Å². The van der Waals surface area contributed by atoms with E-state index in [1.54, 1.807) is 6.08 Å². The van der Waals surface area contributed by atoms with Gasteiger partial charge >= 0.3 is 0 Å². The van der Waals surface area contributed by atoms with Crippen LogP contribution >= 0.6 is 0 Å². The van der Waals surface area contributed by atoms with E-state index in [2.05, 4.69) is 12.6 Å². The summed E-state index contributed by atoms with van der Waals surface area (Å²) in [6.45, 7) is 6.65. The number of nitrogens with zero attached hydrogens (tertiary/aromatic N) is 1. The minimum absolute atomic E-state index is 0.375. The Morgan fingerprint density at radius 3 is 2.60 bits per heavy atom. The molecule has 0 heterocycles. The van der Waals surface area contributed by atoms with Gasteiger partial charge in [-0.1, -0.05) is 30.9 Å². The molecule has 0 N–H and O–H groups in total. The highest BCUT2D eigenvalue weighted by molar-refractivity contribution is 7.86. The van der Waals surface area contributed by atoms with Crippen molar-refractivity contribution in [1.29, 1.82) is 0 Å². The molecule has 112 valence electrons. The van der Waals surface area contributed by atoms with Crippen LogP contribution < -0.4 is 0 Å². The lowest BCUT2D eigenvalue weighted by atomic mass is 10.1. The van der Waals surface area contributed by atoms with Gasteiger partial charge in [-0.15, -0.1) is 0 Å². The maximum atomic E-state index is 10.9. The summed E-state index contributed by atoms with van der Waals surface area (Å²) in [4.78, 5) is 0. The third kappa shape index (κ3) is 5.45. The summed E-state index contributed by atoms with van der Waals surface area (Å²) in [6, 6.07) is 8.08. The van der Waals surface area contributed by atoms with Crippen molar-refractivity contribution in [3.63, 3.8) is 0 Å². The molecule has 0 saturated carbocycles. The zero-order chi connectivity index (χ0) is 15.4. The Morgan fingerprint density at radius 1 is 1.40 bits per heavy atom. The van der Waals surface area contributed by atoms with E-state index in [4.69, 9.17) is 0 Å². The van der Waals surface area contributed by atoms with Crippen LogP contribution in [-0.2, 0) is 16.7 Å². The Hall–Kier alpha value is -1.17. The van der Waals surface area contributed by atoms with Crippen molar-refractivity contribution in [3.05, 3.63) is 42.0 Å². The summed E-state index contributed by atoms with van der Waals surface area (Å²) in [6.07, 6.45) is 2.18. The molecule has 0 bridgehead atoms. The van der Waals surface area contributed by atoms with E-state index in [0.29, 0.717) is 17.4 Å². The fourth-order valence-electron chi connectivity index (χ4n) is 2.07. The van der Waals surface area contributed by atoms with Gasteiger partial charge in [0.2, 0.25) is 0 Å². The van der Waals surface area contributed by atoms with Gasteiger partial charge in [0.25, 0.3) is 0 Å². The molecule has 0 fully saturated rings. The fourth-order valence-corrected chi connectivity index (χ4v) is 2.46. The zero-order valence-corrected chi connectivity index (χ0v) is 13.2. The molecule has 0 aliphatic heterocycles. The summed E-state index contributed by atoms with van der Waals surface area (Å²) in [5.41, 5.74) is 2.24. The normalized spacial score (nSPS) is 14.0. The van der Waals surface area contributed by atoms with Crippen LogP contribution in [0.3, 0.4) is 0 Å². The first-order valence-electron chi connectivity index (χ1n) is 6.62. The zero-order valence-electron chi connectivity index (χ0n) is 12.4. The maximum Gasteiger partial charge on any atom is 0.104 e. The van der Waals surface area contributed by atoms with Crippen LogP contribution in [0, 0.1) is 0 Å². The van der Waals surface area contributed by atoms with Crippen molar-refractivity contribution in [2.24, 2.45) is 0 Å². The molecule has 5 heteroatoms. The Morgan fingerprint density at radius 2 is 2.05 bits per heavy atom. The first kappa shape index (κ1) is 16.9. The minimum atomic E-state index is -4.18. The molecular formula is C15H23NO3S. The van der Waals surface area contributed by atoms with E-state index < -0.39 is 15.4 Å². The molecule has 20 heavy (non-hydrogen) atoms. The highest BCUT2D eigenvalue weighted by Gasteiger charge is 2.19. The molecule has 1 rings (SSSR count). The third-order valence-electron chi connectivity index (χ3n) is 3.43. The van der Waals surface area contributed by atoms with E-state index in [-0.39, 0.29) is 0 Å². The Bertz CT molecular complexity index is 564. The molecule has 1 aromatic carbocycles. The largest absolute Gasteiger partial charge is 0.748 e. The first-order valence-corrected chi connectivity index (χ1v) is 8.09. The molecule has 1 atom stereocenters. The molecule has 1 unspecified atom stereocenters. The van der Waals surface area contributed by atoms with Gasteiger partial charge in [-0.3, -0.25) is 0 Å². The molecule has 0 aromatic heterocycles. The van der Waals surface area contributed by atoms with Gasteiger partial charge in [-0.05, 0) is 18.6 Å². The standard InChI is InChI=1S/C15H23NO3S/c1-5-14-7-6-8-15(11-14)12-16(3,4)10-9-13(2)20(17,18)19/h5-8,11,13H,1,9-10,12H2,2-4H3. The van der Waals surface area contributed by atoms with Crippen LogP contribution in [0.2, 0.25) is 0 Å². The number of hydrogen-bond donors (Lipinski definition) is 0. The van der Waals surface area contributed by atoms with E-state index >= 15 is 0 Å². The lowest BCUT2D eigenvalue weighted by Crippen LogP contribution is -2.41. The van der Waals surface area contributed by atoms with Gasteiger partial charge in [0.1, 0.15) is 6.54 Å². The number of quaternary nitrogens is 1. The van der Waals surface area contributed by atoms with Gasteiger partial charge in [-0.2, -0.15) is 0 Å². The van der Waals surface area contributed by atoms with Crippen LogP contribution in [-0.4, -0.2) is 43.3 Å². The SMILES string of the molecule is C=Cc1cccc(C[N+](C)(C)CCC(C)S(=O)(=O)[O-])c1. The van der Waals surface area contributed by atoms with Gasteiger partial charge < -0.3 is 9.04 Å². The molecular weight excluding hydrogens is 274 g/mol. The first-order chi connectivity index (χ1) is 9.14. The smallest absolute Gasteiger partial charge is 0.104 e. The summed E-state index contributed by atoms with van der Waals surface area (Å²) in [5, 5.41) is -0.834. The van der Waals surface area contributed by atoms with Crippen LogP contribution in [0.5, 0.6) is 0 Å². The quantitative estimate of drug-likeness (QED) is 0.573. The summed E-state index contributed by atoms with van der Waals surface area (Å²) < 4.78 is 33.4. The number of hydrogen-bond acceptors (Lipinski definition) is 3. The van der Waals surface area contributed by atoms with Gasteiger partial charge in [-0.25, -0.2) is 8.42 Å². The van der Waals surface area contributed by atoms with Crippen LogP contribution in [0.4, 0.5) is 0 Å². The Labute approximate surface area is 122 Å². The monoisotopic (exact) mass is 297 g/mol. The lowest BCUT2D eigenvalue weighted by molar-refractivity contribution is -0.903. The molecule has 0 spiro atoms. The fraction of sp³-hybridized carbons (Fsp3) is 0.467. The van der Waals surface area contributed by atoms with Crippen molar-refractivity contribution in [2.75, 3.05) is 20.6 Å². The molecule has 4 nitrogen and oxygen atoms in total. The summed E-state index contributed by atoms with van der Waals surface area (Å²) in [5.74, 6) is 0. The lowest BCUT2D eigenvalue weighted by Gasteiger charge is -2.31. The maximum absolute atomic E-state index is 10.9. The highest BCUT2D eigenvalue weighted by atomic mass is 32.2. The van der Waals surface area contributed by atoms with Crippen molar-refractivity contribution in [3.8, 4) is 0 Å². The molecule has 1 aromatic rings.